The molecule has 0 aliphatic carbocycles. The van der Waals surface area contributed by atoms with E-state index < -0.39 is 0 Å². The first-order chi connectivity index (χ1) is 8.70. The molecule has 0 aromatic heterocycles. The summed E-state index contributed by atoms with van der Waals surface area (Å²) < 4.78 is 13.4. The summed E-state index contributed by atoms with van der Waals surface area (Å²) in [7, 11) is 0. The number of likely N-dealkylation sites (tertiary alicyclic amines) is 1. The van der Waals surface area contributed by atoms with E-state index >= 15 is 0 Å². The Morgan fingerprint density at radius 3 is 2.94 bits per heavy atom. The fourth-order valence-electron chi connectivity index (χ4n) is 2.69. The lowest BCUT2D eigenvalue weighted by Crippen LogP contribution is -2.32. The maximum atomic E-state index is 13.4. The zero-order valence-electron chi connectivity index (χ0n) is 11.2. The minimum atomic E-state index is -0.190. The van der Waals surface area contributed by atoms with Crippen molar-refractivity contribution in [1.29, 1.82) is 0 Å². The Bertz CT molecular complexity index is 392. The molecular formula is C15H23FN2. The van der Waals surface area contributed by atoms with Crippen LogP contribution in [-0.4, -0.2) is 17.5 Å². The van der Waals surface area contributed by atoms with Crippen molar-refractivity contribution in [3.8, 4) is 0 Å². The van der Waals surface area contributed by atoms with E-state index in [-0.39, 0.29) is 12.4 Å². The topological polar surface area (TPSA) is 29.3 Å². The van der Waals surface area contributed by atoms with Crippen LogP contribution in [0.1, 0.15) is 43.7 Å². The van der Waals surface area contributed by atoms with Crippen molar-refractivity contribution >= 4 is 0 Å². The van der Waals surface area contributed by atoms with Crippen LogP contribution < -0.4 is 5.73 Å². The number of nitrogens with zero attached hydrogens (tertiary/aromatic N) is 1. The van der Waals surface area contributed by atoms with Crippen LogP contribution >= 0.6 is 0 Å². The molecule has 0 bridgehead atoms. The zero-order valence-corrected chi connectivity index (χ0v) is 11.2. The van der Waals surface area contributed by atoms with Gasteiger partial charge in [0.2, 0.25) is 0 Å². The average molecular weight is 250 g/mol. The third kappa shape index (κ3) is 3.30. The molecule has 1 aliphatic heterocycles. The number of benzene rings is 1. The lowest BCUT2D eigenvalue weighted by atomic mass is 10.1. The summed E-state index contributed by atoms with van der Waals surface area (Å²) in [5, 5.41) is 0. The smallest absolute Gasteiger partial charge is 0.127 e. The molecule has 2 N–H and O–H groups in total. The van der Waals surface area contributed by atoms with E-state index in [1.54, 1.807) is 6.07 Å². The van der Waals surface area contributed by atoms with Crippen LogP contribution in [0.4, 0.5) is 4.39 Å². The van der Waals surface area contributed by atoms with E-state index in [1.807, 2.05) is 12.1 Å². The Hall–Kier alpha value is -0.930. The summed E-state index contributed by atoms with van der Waals surface area (Å²) in [6.45, 7) is 4.62. The highest BCUT2D eigenvalue weighted by Crippen LogP contribution is 2.20. The van der Waals surface area contributed by atoms with Gasteiger partial charge in [-0.1, -0.05) is 25.0 Å². The molecule has 100 valence electrons. The third-order valence-electron chi connectivity index (χ3n) is 3.91. The molecule has 1 unspecified atom stereocenters. The van der Waals surface area contributed by atoms with Crippen molar-refractivity contribution in [2.45, 2.75) is 51.7 Å². The maximum Gasteiger partial charge on any atom is 0.127 e. The molecule has 1 atom stereocenters. The Balaban J connectivity index is 2.07. The van der Waals surface area contributed by atoms with Gasteiger partial charge < -0.3 is 5.73 Å². The molecule has 0 amide bonds. The molecule has 1 aromatic rings. The Labute approximate surface area is 109 Å². The van der Waals surface area contributed by atoms with E-state index in [0.29, 0.717) is 11.6 Å². The van der Waals surface area contributed by atoms with Gasteiger partial charge in [0.1, 0.15) is 5.82 Å². The van der Waals surface area contributed by atoms with Gasteiger partial charge in [-0.05, 0) is 37.9 Å². The number of nitrogens with two attached hydrogens (primary N) is 1. The fraction of sp³-hybridized carbons (Fsp3) is 0.600. The van der Waals surface area contributed by atoms with Gasteiger partial charge in [-0.25, -0.2) is 4.39 Å². The molecule has 1 aliphatic rings. The van der Waals surface area contributed by atoms with Gasteiger partial charge in [-0.3, -0.25) is 4.90 Å². The molecule has 0 saturated carbocycles. The van der Waals surface area contributed by atoms with Gasteiger partial charge in [-0.15, -0.1) is 0 Å². The summed E-state index contributed by atoms with van der Waals surface area (Å²) in [4.78, 5) is 2.50. The zero-order chi connectivity index (χ0) is 13.0. The van der Waals surface area contributed by atoms with Gasteiger partial charge >= 0.3 is 0 Å². The molecule has 18 heavy (non-hydrogen) atoms. The third-order valence-corrected chi connectivity index (χ3v) is 3.91. The van der Waals surface area contributed by atoms with Crippen LogP contribution in [0.2, 0.25) is 0 Å². The molecule has 1 heterocycles. The van der Waals surface area contributed by atoms with E-state index in [4.69, 9.17) is 5.73 Å². The Morgan fingerprint density at radius 1 is 1.33 bits per heavy atom. The van der Waals surface area contributed by atoms with Crippen LogP contribution in [0, 0.1) is 5.82 Å². The van der Waals surface area contributed by atoms with Crippen molar-refractivity contribution in [3.05, 3.63) is 35.1 Å². The highest BCUT2D eigenvalue weighted by molar-refractivity contribution is 5.25. The minimum Gasteiger partial charge on any atom is -0.326 e. The molecule has 3 heteroatoms. The monoisotopic (exact) mass is 250 g/mol. The quantitative estimate of drug-likeness (QED) is 0.893. The van der Waals surface area contributed by atoms with Crippen LogP contribution in [-0.2, 0) is 13.1 Å². The van der Waals surface area contributed by atoms with Crippen LogP contribution in [0.3, 0.4) is 0 Å². The van der Waals surface area contributed by atoms with Crippen molar-refractivity contribution in [2.75, 3.05) is 6.54 Å². The van der Waals surface area contributed by atoms with Gasteiger partial charge in [0.05, 0.1) is 0 Å². The van der Waals surface area contributed by atoms with Crippen molar-refractivity contribution in [3.63, 3.8) is 0 Å². The first kappa shape index (κ1) is 13.5. The van der Waals surface area contributed by atoms with Gasteiger partial charge in [0.15, 0.2) is 0 Å². The molecule has 1 fully saturated rings. The highest BCUT2D eigenvalue weighted by atomic mass is 19.1. The average Bonchev–Trinajstić information content (AvgIpc) is 2.57. The Morgan fingerprint density at radius 2 is 2.17 bits per heavy atom. The predicted octanol–water partition coefficient (Wildman–Crippen LogP) is 3.05. The predicted molar refractivity (Wildman–Crippen MR) is 72.6 cm³/mol. The number of halogens is 1. The van der Waals surface area contributed by atoms with Crippen molar-refractivity contribution in [2.24, 2.45) is 5.73 Å². The van der Waals surface area contributed by atoms with Gasteiger partial charge in [0, 0.05) is 24.7 Å². The van der Waals surface area contributed by atoms with E-state index in [2.05, 4.69) is 11.8 Å². The number of hydrogen-bond acceptors (Lipinski definition) is 2. The molecule has 1 saturated heterocycles. The number of rotatable bonds is 3. The first-order valence-electron chi connectivity index (χ1n) is 6.92. The second-order valence-electron chi connectivity index (χ2n) is 5.30. The minimum absolute atomic E-state index is 0.190. The summed E-state index contributed by atoms with van der Waals surface area (Å²) in [6.07, 6.45) is 5.20. The molecule has 0 radical (unpaired) electrons. The van der Waals surface area contributed by atoms with Crippen LogP contribution in [0.5, 0.6) is 0 Å². The normalized spacial score (nSPS) is 21.8. The van der Waals surface area contributed by atoms with E-state index in [1.165, 1.54) is 31.2 Å². The van der Waals surface area contributed by atoms with Gasteiger partial charge in [0.25, 0.3) is 0 Å². The molecule has 0 spiro atoms. The van der Waals surface area contributed by atoms with Crippen molar-refractivity contribution in [1.82, 2.24) is 4.90 Å². The highest BCUT2D eigenvalue weighted by Gasteiger charge is 2.17. The summed E-state index contributed by atoms with van der Waals surface area (Å²) in [5.74, 6) is -0.190. The SMILES string of the molecule is CC1CCCCCN1Cc1ccc(F)c(CN)c1. The second-order valence-corrected chi connectivity index (χ2v) is 5.30. The maximum absolute atomic E-state index is 13.4. The standard InChI is InChI=1S/C15H23FN2/c1-12-5-3-2-4-8-18(12)11-13-6-7-15(16)14(9-13)10-17/h6-7,9,12H,2-5,8,10-11,17H2,1H3. The fourth-order valence-corrected chi connectivity index (χ4v) is 2.69. The molecule has 2 rings (SSSR count). The molecular weight excluding hydrogens is 227 g/mol. The van der Waals surface area contributed by atoms with E-state index in [0.717, 1.165) is 13.1 Å². The van der Waals surface area contributed by atoms with Crippen LogP contribution in [0.15, 0.2) is 18.2 Å². The Kier molecular flexibility index (Phi) is 4.72. The first-order valence-corrected chi connectivity index (χ1v) is 6.92. The largest absolute Gasteiger partial charge is 0.326 e. The molecule has 2 nitrogen and oxygen atoms in total. The van der Waals surface area contributed by atoms with Crippen molar-refractivity contribution < 1.29 is 4.39 Å². The van der Waals surface area contributed by atoms with Gasteiger partial charge in [-0.2, -0.15) is 0 Å². The summed E-state index contributed by atoms with van der Waals surface area (Å²) in [6, 6.07) is 5.96. The summed E-state index contributed by atoms with van der Waals surface area (Å²) in [5.41, 5.74) is 7.34. The number of hydrogen-bond donors (Lipinski definition) is 1. The van der Waals surface area contributed by atoms with Crippen LogP contribution in [0.25, 0.3) is 0 Å². The van der Waals surface area contributed by atoms with E-state index in [9.17, 15) is 4.39 Å². The molecule has 1 aromatic carbocycles. The second kappa shape index (κ2) is 6.30. The lowest BCUT2D eigenvalue weighted by molar-refractivity contribution is 0.205. The lowest BCUT2D eigenvalue weighted by Gasteiger charge is -2.27. The summed E-state index contributed by atoms with van der Waals surface area (Å²) >= 11 is 0.